The summed E-state index contributed by atoms with van der Waals surface area (Å²) in [5, 5.41) is 0. The van der Waals surface area contributed by atoms with E-state index in [1.54, 1.807) is 0 Å². The van der Waals surface area contributed by atoms with E-state index in [-0.39, 0.29) is 0 Å². The monoisotopic (exact) mass is 452 g/mol. The maximum Gasteiger partial charge on any atom is 0.508 e. The molecule has 0 aliphatic heterocycles. The van der Waals surface area contributed by atoms with Gasteiger partial charge in [-0.05, 0) is 32.1 Å². The molecule has 0 bridgehead atoms. The fourth-order valence-corrected chi connectivity index (χ4v) is 3.92. The molecule has 0 spiro atoms. The molecular weight excluding hydrogens is 396 g/mol. The van der Waals surface area contributed by atoms with Crippen LogP contribution in [0.1, 0.15) is 155 Å². The van der Waals surface area contributed by atoms with Gasteiger partial charge in [0, 0.05) is 0 Å². The fourth-order valence-electron chi connectivity index (χ4n) is 3.92. The minimum absolute atomic E-state index is 0.483. The van der Waals surface area contributed by atoms with Crippen LogP contribution in [0.4, 0.5) is 4.79 Å². The Hall–Kier alpha value is -0.990. The molecule has 0 fully saturated rings. The van der Waals surface area contributed by atoms with Crippen LogP contribution in [-0.4, -0.2) is 19.4 Å². The van der Waals surface area contributed by atoms with Crippen LogP contribution in [0.3, 0.4) is 0 Å². The van der Waals surface area contributed by atoms with Gasteiger partial charge in [0.05, 0.1) is 13.2 Å². The zero-order valence-electron chi connectivity index (χ0n) is 21.9. The van der Waals surface area contributed by atoms with E-state index in [0.29, 0.717) is 13.2 Å². The second kappa shape index (κ2) is 28.0. The third-order valence-electron chi connectivity index (χ3n) is 6.09. The van der Waals surface area contributed by atoms with Crippen molar-refractivity contribution >= 4 is 6.16 Å². The summed E-state index contributed by atoms with van der Waals surface area (Å²) in [6.45, 7) is 5.51. The Morgan fingerprint density at radius 3 is 1.25 bits per heavy atom. The topological polar surface area (TPSA) is 35.5 Å². The van der Waals surface area contributed by atoms with Gasteiger partial charge in [0.1, 0.15) is 0 Å². The van der Waals surface area contributed by atoms with Gasteiger partial charge >= 0.3 is 6.16 Å². The number of hydrogen-bond donors (Lipinski definition) is 0. The van der Waals surface area contributed by atoms with Crippen LogP contribution in [-0.2, 0) is 9.47 Å². The number of carbonyl (C=O) groups excluding carboxylic acids is 1. The van der Waals surface area contributed by atoms with Crippen molar-refractivity contribution in [1.29, 1.82) is 0 Å². The highest BCUT2D eigenvalue weighted by Gasteiger charge is 2.03. The standard InChI is InChI=1S/C29H56O3/c1-3-5-7-9-11-13-15-17-19-21-23-25-27-31-29(30)32-28-26-24-22-20-18-16-14-12-10-8-6-4-2/h9,11H,3-8,10,12-28H2,1-2H3. The summed E-state index contributed by atoms with van der Waals surface area (Å²) >= 11 is 0. The first-order chi connectivity index (χ1) is 15.8. The van der Waals surface area contributed by atoms with Gasteiger partial charge in [-0.3, -0.25) is 0 Å². The molecule has 0 N–H and O–H groups in total. The fraction of sp³-hybridized carbons (Fsp3) is 0.897. The van der Waals surface area contributed by atoms with Crippen molar-refractivity contribution in [2.75, 3.05) is 13.2 Å². The lowest BCUT2D eigenvalue weighted by Crippen LogP contribution is -2.09. The predicted octanol–water partition coefficient (Wildman–Crippen LogP) is 10.3. The second-order valence-electron chi connectivity index (χ2n) is 9.36. The molecule has 3 heteroatoms. The molecule has 0 heterocycles. The number of ether oxygens (including phenoxy) is 2. The average Bonchev–Trinajstić information content (AvgIpc) is 2.80. The summed E-state index contributed by atoms with van der Waals surface area (Å²) in [5.74, 6) is 0. The molecule has 32 heavy (non-hydrogen) atoms. The first-order valence-corrected chi connectivity index (χ1v) is 14.3. The molecule has 0 radical (unpaired) electrons. The molecule has 0 aliphatic rings. The van der Waals surface area contributed by atoms with Gasteiger partial charge in [-0.2, -0.15) is 0 Å². The van der Waals surface area contributed by atoms with Crippen molar-refractivity contribution in [3.8, 4) is 0 Å². The van der Waals surface area contributed by atoms with Crippen molar-refractivity contribution in [2.45, 2.75) is 155 Å². The molecular formula is C29H56O3. The van der Waals surface area contributed by atoms with Gasteiger partial charge < -0.3 is 9.47 Å². The number of unbranched alkanes of at least 4 members (excludes halogenated alkanes) is 19. The molecule has 0 saturated carbocycles. The zero-order valence-corrected chi connectivity index (χ0v) is 21.9. The lowest BCUT2D eigenvalue weighted by Gasteiger charge is -2.06. The normalized spacial score (nSPS) is 11.3. The molecule has 0 aliphatic carbocycles. The Bertz CT molecular complexity index is 392. The van der Waals surface area contributed by atoms with Gasteiger partial charge in [-0.1, -0.05) is 135 Å². The van der Waals surface area contributed by atoms with E-state index < -0.39 is 6.16 Å². The number of rotatable bonds is 25. The lowest BCUT2D eigenvalue weighted by molar-refractivity contribution is 0.0529. The van der Waals surface area contributed by atoms with Crippen molar-refractivity contribution in [2.24, 2.45) is 0 Å². The van der Waals surface area contributed by atoms with Crippen LogP contribution in [0, 0.1) is 0 Å². The van der Waals surface area contributed by atoms with Crippen LogP contribution < -0.4 is 0 Å². The van der Waals surface area contributed by atoms with Gasteiger partial charge in [-0.15, -0.1) is 0 Å². The summed E-state index contributed by atoms with van der Waals surface area (Å²) in [6.07, 6.45) is 32.2. The minimum atomic E-state index is -0.483. The molecule has 0 saturated heterocycles. The highest BCUT2D eigenvalue weighted by molar-refractivity contribution is 5.59. The maximum absolute atomic E-state index is 11.6. The van der Waals surface area contributed by atoms with Crippen LogP contribution in [0.15, 0.2) is 12.2 Å². The van der Waals surface area contributed by atoms with Crippen LogP contribution in [0.2, 0.25) is 0 Å². The molecule has 0 rings (SSSR count). The van der Waals surface area contributed by atoms with Crippen LogP contribution in [0.5, 0.6) is 0 Å². The minimum Gasteiger partial charge on any atom is -0.434 e. The van der Waals surface area contributed by atoms with E-state index >= 15 is 0 Å². The average molecular weight is 453 g/mol. The smallest absolute Gasteiger partial charge is 0.434 e. The Labute approximate surface area is 201 Å². The lowest BCUT2D eigenvalue weighted by atomic mass is 10.1. The van der Waals surface area contributed by atoms with E-state index in [4.69, 9.17) is 9.47 Å². The third kappa shape index (κ3) is 27.0. The molecule has 0 unspecified atom stereocenters. The number of carbonyl (C=O) groups is 1. The Balaban J connectivity index is 3.17. The molecule has 0 aromatic carbocycles. The van der Waals surface area contributed by atoms with Crippen molar-refractivity contribution in [3.05, 3.63) is 12.2 Å². The number of hydrogen-bond acceptors (Lipinski definition) is 3. The predicted molar refractivity (Wildman–Crippen MR) is 139 cm³/mol. The Morgan fingerprint density at radius 2 is 0.812 bits per heavy atom. The molecule has 3 nitrogen and oxygen atoms in total. The summed E-state index contributed by atoms with van der Waals surface area (Å²) in [4.78, 5) is 11.6. The quantitative estimate of drug-likeness (QED) is 0.0784. The number of allylic oxidation sites excluding steroid dienone is 2. The summed E-state index contributed by atoms with van der Waals surface area (Å²) < 4.78 is 10.3. The van der Waals surface area contributed by atoms with Crippen molar-refractivity contribution < 1.29 is 14.3 Å². The van der Waals surface area contributed by atoms with E-state index in [0.717, 1.165) is 25.7 Å². The van der Waals surface area contributed by atoms with E-state index in [2.05, 4.69) is 26.0 Å². The third-order valence-corrected chi connectivity index (χ3v) is 6.09. The van der Waals surface area contributed by atoms with Crippen LogP contribution >= 0.6 is 0 Å². The highest BCUT2D eigenvalue weighted by Crippen LogP contribution is 2.12. The largest absolute Gasteiger partial charge is 0.508 e. The maximum atomic E-state index is 11.6. The van der Waals surface area contributed by atoms with E-state index in [1.165, 1.54) is 116 Å². The van der Waals surface area contributed by atoms with E-state index in [1.807, 2.05) is 0 Å². The Kier molecular flexibility index (Phi) is 27.2. The summed E-state index contributed by atoms with van der Waals surface area (Å²) in [7, 11) is 0. The highest BCUT2D eigenvalue weighted by atomic mass is 16.7. The first kappa shape index (κ1) is 31.0. The molecule has 0 aromatic heterocycles. The summed E-state index contributed by atoms with van der Waals surface area (Å²) in [6, 6.07) is 0. The molecule has 0 atom stereocenters. The molecule has 0 amide bonds. The van der Waals surface area contributed by atoms with Gasteiger partial charge in [0.2, 0.25) is 0 Å². The Morgan fingerprint density at radius 1 is 0.469 bits per heavy atom. The van der Waals surface area contributed by atoms with Gasteiger partial charge in [-0.25, -0.2) is 4.79 Å². The zero-order chi connectivity index (χ0) is 23.4. The SMILES string of the molecule is CCCCC=CCCCCCCCCOC(=O)OCCCCCCCCCCCCCC. The van der Waals surface area contributed by atoms with Crippen molar-refractivity contribution in [3.63, 3.8) is 0 Å². The first-order valence-electron chi connectivity index (χ1n) is 14.3. The molecule has 190 valence electrons. The second-order valence-corrected chi connectivity index (χ2v) is 9.36. The van der Waals surface area contributed by atoms with E-state index in [9.17, 15) is 4.79 Å². The van der Waals surface area contributed by atoms with Gasteiger partial charge in [0.25, 0.3) is 0 Å². The van der Waals surface area contributed by atoms with Crippen LogP contribution in [0.25, 0.3) is 0 Å². The van der Waals surface area contributed by atoms with Crippen molar-refractivity contribution in [1.82, 2.24) is 0 Å². The summed E-state index contributed by atoms with van der Waals surface area (Å²) in [5.41, 5.74) is 0. The van der Waals surface area contributed by atoms with Gasteiger partial charge in [0.15, 0.2) is 0 Å². The molecule has 0 aromatic rings.